The summed E-state index contributed by atoms with van der Waals surface area (Å²) in [6, 6.07) is 0. The van der Waals surface area contributed by atoms with Crippen molar-refractivity contribution in [3.05, 3.63) is 26.8 Å². The van der Waals surface area contributed by atoms with E-state index in [4.69, 9.17) is 0 Å². The molecule has 0 aliphatic rings. The highest BCUT2D eigenvalue weighted by atomic mass is 127. The summed E-state index contributed by atoms with van der Waals surface area (Å²) in [6.45, 7) is 1.49. The predicted octanol–water partition coefficient (Wildman–Crippen LogP) is 2.94. The van der Waals surface area contributed by atoms with Gasteiger partial charge in [0.2, 0.25) is 0 Å². The van der Waals surface area contributed by atoms with Crippen molar-refractivity contribution in [3.63, 3.8) is 0 Å². The summed E-state index contributed by atoms with van der Waals surface area (Å²) in [5.41, 5.74) is -1.46. The molecule has 1 rings (SSSR count). The van der Waals surface area contributed by atoms with Crippen molar-refractivity contribution in [2.75, 3.05) is 6.61 Å². The molecule has 1 aromatic heterocycles. The molecule has 0 amide bonds. The lowest BCUT2D eigenvalue weighted by molar-refractivity contribution is 0.0508. The Bertz CT molecular complexity index is 412. The zero-order valence-corrected chi connectivity index (χ0v) is 10.3. The molecule has 88 valence electrons. The van der Waals surface area contributed by atoms with E-state index in [1.807, 2.05) is 0 Å². The Kier molecular flexibility index (Phi) is 4.51. The van der Waals surface area contributed by atoms with Gasteiger partial charge in [-0.3, -0.25) is 0 Å². The molecule has 1 aromatic rings. The second kappa shape index (κ2) is 5.46. The topological polar surface area (TPSA) is 39.2 Å². The van der Waals surface area contributed by atoms with Crippen molar-refractivity contribution in [1.29, 1.82) is 0 Å². The fourth-order valence-corrected chi connectivity index (χ4v) is 1.73. The maximum absolute atomic E-state index is 13.3. The number of hydrogen-bond acceptors (Lipinski definition) is 3. The van der Waals surface area contributed by atoms with Gasteiger partial charge in [-0.15, -0.1) is 0 Å². The summed E-state index contributed by atoms with van der Waals surface area (Å²) in [6.07, 6.45) is -2.26. The van der Waals surface area contributed by atoms with Crippen molar-refractivity contribution in [2.45, 2.75) is 13.3 Å². The number of carbonyl (C=O) groups is 1. The Hall–Kier alpha value is -0.860. The van der Waals surface area contributed by atoms with E-state index in [1.54, 1.807) is 0 Å². The van der Waals surface area contributed by atoms with Gasteiger partial charge in [0.15, 0.2) is 5.82 Å². The van der Waals surface area contributed by atoms with Gasteiger partial charge in [-0.25, -0.2) is 22.9 Å². The molecule has 0 aromatic carbocycles. The highest BCUT2D eigenvalue weighted by molar-refractivity contribution is 14.1. The van der Waals surface area contributed by atoms with Crippen LogP contribution >= 0.6 is 22.6 Å². The van der Waals surface area contributed by atoms with Crippen LogP contribution in [0.3, 0.4) is 0 Å². The molecule has 0 saturated heterocycles. The average molecular weight is 345 g/mol. The van der Waals surface area contributed by atoms with Crippen LogP contribution in [0.25, 0.3) is 0 Å². The maximum atomic E-state index is 13.3. The number of esters is 1. The lowest BCUT2D eigenvalue weighted by atomic mass is 10.1. The summed E-state index contributed by atoms with van der Waals surface area (Å²) in [5, 5.41) is 0. The normalized spacial score (nSPS) is 10.6. The van der Waals surface area contributed by atoms with Gasteiger partial charge < -0.3 is 4.74 Å². The highest BCUT2D eigenvalue weighted by Gasteiger charge is 2.27. The van der Waals surface area contributed by atoms with Gasteiger partial charge in [-0.1, -0.05) is 0 Å². The predicted molar refractivity (Wildman–Crippen MR) is 57.8 cm³/mol. The SMILES string of the molecule is CCOC(=O)c1c(F)cnc(I)c1C(F)F. The summed E-state index contributed by atoms with van der Waals surface area (Å²) in [7, 11) is 0. The number of nitrogens with zero attached hydrogens (tertiary/aromatic N) is 1. The third kappa shape index (κ3) is 2.63. The minimum absolute atomic E-state index is 0.0140. The second-order valence-electron chi connectivity index (χ2n) is 2.71. The van der Waals surface area contributed by atoms with Crippen molar-refractivity contribution in [3.8, 4) is 0 Å². The molecular weight excluding hydrogens is 338 g/mol. The van der Waals surface area contributed by atoms with Crippen LogP contribution in [0.1, 0.15) is 29.3 Å². The number of pyridine rings is 1. The molecule has 0 unspecified atom stereocenters. The Morgan fingerprint density at radius 1 is 1.62 bits per heavy atom. The average Bonchev–Trinajstić information content (AvgIpc) is 2.20. The quantitative estimate of drug-likeness (QED) is 0.480. The number of ether oxygens (including phenoxy) is 1. The fourth-order valence-electron chi connectivity index (χ4n) is 1.09. The van der Waals surface area contributed by atoms with Crippen LogP contribution in [0.4, 0.5) is 13.2 Å². The van der Waals surface area contributed by atoms with E-state index in [2.05, 4.69) is 9.72 Å². The number of alkyl halides is 2. The molecule has 0 fully saturated rings. The zero-order valence-electron chi connectivity index (χ0n) is 8.14. The minimum Gasteiger partial charge on any atom is -0.462 e. The highest BCUT2D eigenvalue weighted by Crippen LogP contribution is 2.28. The summed E-state index contributed by atoms with van der Waals surface area (Å²) in [5.74, 6) is -2.20. The lowest BCUT2D eigenvalue weighted by Gasteiger charge is -2.10. The summed E-state index contributed by atoms with van der Waals surface area (Å²) >= 11 is 1.51. The van der Waals surface area contributed by atoms with E-state index in [1.165, 1.54) is 29.5 Å². The monoisotopic (exact) mass is 345 g/mol. The number of carbonyl (C=O) groups excluding carboxylic acids is 1. The smallest absolute Gasteiger partial charge is 0.341 e. The first kappa shape index (κ1) is 13.2. The van der Waals surface area contributed by atoms with Crippen LogP contribution < -0.4 is 0 Å². The van der Waals surface area contributed by atoms with Gasteiger partial charge in [0.1, 0.15) is 9.26 Å². The van der Waals surface area contributed by atoms with Crippen molar-refractivity contribution in [2.24, 2.45) is 0 Å². The standard InChI is InChI=1S/C9H7F3INO2/c1-2-16-9(15)5-4(10)3-14-8(13)6(5)7(11)12/h3,7H,2H2,1H3. The number of hydrogen-bond donors (Lipinski definition) is 0. The van der Waals surface area contributed by atoms with Crippen LogP contribution in [-0.4, -0.2) is 17.6 Å². The molecule has 0 radical (unpaired) electrons. The van der Waals surface area contributed by atoms with E-state index in [0.29, 0.717) is 0 Å². The fraction of sp³-hybridized carbons (Fsp3) is 0.333. The van der Waals surface area contributed by atoms with Crippen LogP contribution in [-0.2, 0) is 4.74 Å². The Morgan fingerprint density at radius 2 is 2.25 bits per heavy atom. The van der Waals surface area contributed by atoms with Crippen LogP contribution in [0, 0.1) is 9.52 Å². The third-order valence-electron chi connectivity index (χ3n) is 1.72. The van der Waals surface area contributed by atoms with Gasteiger partial charge in [0, 0.05) is 0 Å². The lowest BCUT2D eigenvalue weighted by Crippen LogP contribution is -2.13. The molecule has 0 aliphatic carbocycles. The van der Waals surface area contributed by atoms with Gasteiger partial charge in [-0.2, -0.15) is 0 Å². The zero-order chi connectivity index (χ0) is 12.3. The Morgan fingerprint density at radius 3 is 2.75 bits per heavy atom. The Labute approximate surface area is 103 Å². The van der Waals surface area contributed by atoms with E-state index in [-0.39, 0.29) is 10.3 Å². The Balaban J connectivity index is 3.34. The molecule has 0 atom stereocenters. The van der Waals surface area contributed by atoms with E-state index >= 15 is 0 Å². The summed E-state index contributed by atoms with van der Waals surface area (Å²) < 4.78 is 43.0. The molecule has 0 spiro atoms. The third-order valence-corrected chi connectivity index (χ3v) is 2.58. The van der Waals surface area contributed by atoms with Gasteiger partial charge >= 0.3 is 5.97 Å². The van der Waals surface area contributed by atoms with E-state index in [0.717, 1.165) is 6.20 Å². The summed E-state index contributed by atoms with van der Waals surface area (Å²) in [4.78, 5) is 14.7. The number of rotatable bonds is 3. The first-order valence-corrected chi connectivity index (χ1v) is 5.36. The molecule has 0 bridgehead atoms. The molecule has 1 heterocycles. The van der Waals surface area contributed by atoms with E-state index in [9.17, 15) is 18.0 Å². The number of halogens is 4. The first-order chi connectivity index (χ1) is 7.49. The van der Waals surface area contributed by atoms with Crippen molar-refractivity contribution < 1.29 is 22.7 Å². The van der Waals surface area contributed by atoms with Crippen LogP contribution in [0.2, 0.25) is 0 Å². The molecule has 0 saturated carbocycles. The maximum Gasteiger partial charge on any atom is 0.341 e. The van der Waals surface area contributed by atoms with E-state index < -0.39 is 29.3 Å². The molecule has 7 heteroatoms. The second-order valence-corrected chi connectivity index (χ2v) is 3.73. The molecule has 0 N–H and O–H groups in total. The van der Waals surface area contributed by atoms with Gasteiger partial charge in [-0.05, 0) is 29.5 Å². The minimum atomic E-state index is -2.98. The van der Waals surface area contributed by atoms with Crippen LogP contribution in [0.5, 0.6) is 0 Å². The molecule has 0 aliphatic heterocycles. The first-order valence-electron chi connectivity index (χ1n) is 4.28. The number of aromatic nitrogens is 1. The van der Waals surface area contributed by atoms with Gasteiger partial charge in [0.05, 0.1) is 18.4 Å². The molecule has 16 heavy (non-hydrogen) atoms. The van der Waals surface area contributed by atoms with Crippen molar-refractivity contribution >= 4 is 28.6 Å². The molecular formula is C9H7F3INO2. The van der Waals surface area contributed by atoms with Crippen molar-refractivity contribution in [1.82, 2.24) is 4.98 Å². The largest absolute Gasteiger partial charge is 0.462 e. The van der Waals surface area contributed by atoms with Gasteiger partial charge in [0.25, 0.3) is 6.43 Å². The molecule has 3 nitrogen and oxygen atoms in total. The van der Waals surface area contributed by atoms with Crippen LogP contribution in [0.15, 0.2) is 6.20 Å².